The molecule has 1 aliphatic rings. The molecule has 6 heteroatoms. The van der Waals surface area contributed by atoms with Gasteiger partial charge in [-0.05, 0) is 24.0 Å². The molecule has 0 fully saturated rings. The van der Waals surface area contributed by atoms with E-state index in [0.29, 0.717) is 18.1 Å². The van der Waals surface area contributed by atoms with Crippen LogP contribution in [0.3, 0.4) is 0 Å². The average Bonchev–Trinajstić information content (AvgIpc) is 3.05. The molecule has 0 bridgehead atoms. The van der Waals surface area contributed by atoms with Gasteiger partial charge in [-0.2, -0.15) is 0 Å². The molecule has 6 nitrogen and oxygen atoms in total. The number of rotatable bonds is 1. The highest BCUT2D eigenvalue weighted by molar-refractivity contribution is 5.94. The van der Waals surface area contributed by atoms with Crippen molar-refractivity contribution in [2.75, 3.05) is 6.54 Å². The summed E-state index contributed by atoms with van der Waals surface area (Å²) in [6, 6.07) is 5.83. The smallest absolute Gasteiger partial charge is 0.271 e. The molecule has 1 aliphatic heterocycles. The van der Waals surface area contributed by atoms with Gasteiger partial charge in [-0.25, -0.2) is 9.97 Å². The van der Waals surface area contributed by atoms with Crippen molar-refractivity contribution in [2.24, 2.45) is 5.41 Å². The lowest BCUT2D eigenvalue weighted by Crippen LogP contribution is -2.32. The fourth-order valence-electron chi connectivity index (χ4n) is 2.84. The number of fused-ring (bicyclic) bond motifs is 2. The second-order valence-electron chi connectivity index (χ2n) is 6.53. The van der Waals surface area contributed by atoms with Crippen LogP contribution in [-0.2, 0) is 6.42 Å². The monoisotopic (exact) mass is 295 g/mol. The molecule has 0 saturated carbocycles. The van der Waals surface area contributed by atoms with Gasteiger partial charge in [-0.15, -0.1) is 0 Å². The molecule has 0 atom stereocenters. The van der Waals surface area contributed by atoms with Crippen molar-refractivity contribution in [1.29, 1.82) is 0 Å². The van der Waals surface area contributed by atoms with Crippen molar-refractivity contribution in [1.82, 2.24) is 24.7 Å². The summed E-state index contributed by atoms with van der Waals surface area (Å²) in [7, 11) is 0. The first-order chi connectivity index (χ1) is 10.5. The van der Waals surface area contributed by atoms with Crippen LogP contribution >= 0.6 is 0 Å². The van der Waals surface area contributed by atoms with Gasteiger partial charge in [-0.3, -0.25) is 4.79 Å². The van der Waals surface area contributed by atoms with E-state index in [-0.39, 0.29) is 11.3 Å². The van der Waals surface area contributed by atoms with Gasteiger partial charge >= 0.3 is 0 Å². The molecule has 4 heterocycles. The third-order valence-electron chi connectivity index (χ3n) is 3.98. The van der Waals surface area contributed by atoms with Crippen LogP contribution in [0.2, 0.25) is 0 Å². The normalized spacial score (nSPS) is 17.1. The summed E-state index contributed by atoms with van der Waals surface area (Å²) in [6.45, 7) is 4.92. The maximum absolute atomic E-state index is 12.2. The Morgan fingerprint density at radius 3 is 2.95 bits per heavy atom. The second-order valence-corrected chi connectivity index (χ2v) is 6.53. The molecule has 0 aliphatic carbocycles. The molecule has 3 aromatic rings. The van der Waals surface area contributed by atoms with Gasteiger partial charge in [0.15, 0.2) is 5.82 Å². The minimum Gasteiger partial charge on any atom is -0.350 e. The molecule has 0 unspecified atom stereocenters. The van der Waals surface area contributed by atoms with Crippen LogP contribution < -0.4 is 5.32 Å². The predicted molar refractivity (Wildman–Crippen MR) is 82.6 cm³/mol. The zero-order valence-electron chi connectivity index (χ0n) is 12.6. The highest BCUT2D eigenvalue weighted by Crippen LogP contribution is 2.27. The number of carbonyl (C=O) groups is 1. The topological polar surface area (TPSA) is 75.1 Å². The van der Waals surface area contributed by atoms with Crippen molar-refractivity contribution >= 4 is 11.6 Å². The molecule has 22 heavy (non-hydrogen) atoms. The Kier molecular flexibility index (Phi) is 2.63. The van der Waals surface area contributed by atoms with Gasteiger partial charge in [0.25, 0.3) is 5.91 Å². The van der Waals surface area contributed by atoms with Crippen molar-refractivity contribution in [3.05, 3.63) is 42.0 Å². The molecule has 0 spiro atoms. The highest BCUT2D eigenvalue weighted by Gasteiger charge is 2.30. The fourth-order valence-corrected chi connectivity index (χ4v) is 2.84. The van der Waals surface area contributed by atoms with E-state index in [4.69, 9.17) is 0 Å². The lowest BCUT2D eigenvalue weighted by Gasteiger charge is -2.21. The number of imidazole rings is 2. The molecule has 4 rings (SSSR count). The van der Waals surface area contributed by atoms with Crippen molar-refractivity contribution in [2.45, 2.75) is 20.3 Å². The first-order valence-corrected chi connectivity index (χ1v) is 7.33. The molecule has 3 aromatic heterocycles. The number of hydrogen-bond acceptors (Lipinski definition) is 3. The highest BCUT2D eigenvalue weighted by atomic mass is 16.1. The van der Waals surface area contributed by atoms with E-state index >= 15 is 0 Å². The number of amides is 1. The minimum atomic E-state index is -0.119. The summed E-state index contributed by atoms with van der Waals surface area (Å²) in [6.07, 6.45) is 4.63. The third-order valence-corrected chi connectivity index (χ3v) is 3.98. The molecule has 0 radical (unpaired) electrons. The molecular formula is C16H17N5O. The maximum atomic E-state index is 12.2. The summed E-state index contributed by atoms with van der Waals surface area (Å²) in [4.78, 5) is 24.5. The van der Waals surface area contributed by atoms with E-state index in [1.807, 2.05) is 35.0 Å². The van der Waals surface area contributed by atoms with E-state index < -0.39 is 0 Å². The molecule has 2 N–H and O–H groups in total. The maximum Gasteiger partial charge on any atom is 0.271 e. The van der Waals surface area contributed by atoms with Gasteiger partial charge in [0.2, 0.25) is 0 Å². The lowest BCUT2D eigenvalue weighted by molar-refractivity contribution is 0.0940. The summed E-state index contributed by atoms with van der Waals surface area (Å²) >= 11 is 0. The lowest BCUT2D eigenvalue weighted by atomic mass is 9.88. The molecule has 0 saturated heterocycles. The van der Waals surface area contributed by atoms with Gasteiger partial charge in [-0.1, -0.05) is 19.9 Å². The number of H-pyrrole nitrogens is 1. The van der Waals surface area contributed by atoms with E-state index in [2.05, 4.69) is 34.1 Å². The van der Waals surface area contributed by atoms with Crippen molar-refractivity contribution < 1.29 is 4.79 Å². The minimum absolute atomic E-state index is 0.00360. The molecule has 1 amide bonds. The number of pyridine rings is 1. The Hall–Kier alpha value is -2.63. The standard InChI is InChI=1S/C16H17N5O/c1-16(2)7-10-13(15(22)17-9-16)20-14(19-10)11-8-21-6-4-3-5-12(21)18-11/h3-6,8H,7,9H2,1-2H3,(H,17,22)(H,19,20). The van der Waals surface area contributed by atoms with Crippen LogP contribution in [0, 0.1) is 5.41 Å². The number of hydrogen-bond donors (Lipinski definition) is 2. The third kappa shape index (κ3) is 2.07. The summed E-state index contributed by atoms with van der Waals surface area (Å²) in [5.41, 5.74) is 2.97. The van der Waals surface area contributed by atoms with Gasteiger partial charge in [0.1, 0.15) is 17.0 Å². The Bertz CT molecular complexity index is 841. The van der Waals surface area contributed by atoms with Gasteiger partial charge < -0.3 is 14.7 Å². The SMILES string of the molecule is CC1(C)CNC(=O)c2nc(-c3cn4ccccc4n3)[nH]c2C1. The van der Waals surface area contributed by atoms with Crippen LogP contribution in [0.5, 0.6) is 0 Å². The number of carbonyl (C=O) groups excluding carboxylic acids is 1. The van der Waals surface area contributed by atoms with Crippen LogP contribution in [0.4, 0.5) is 0 Å². The summed E-state index contributed by atoms with van der Waals surface area (Å²) in [5.74, 6) is 0.522. The second kappa shape index (κ2) is 4.43. The summed E-state index contributed by atoms with van der Waals surface area (Å²) in [5, 5.41) is 2.94. The molecular weight excluding hydrogens is 278 g/mol. The van der Waals surface area contributed by atoms with E-state index in [1.54, 1.807) is 0 Å². The van der Waals surface area contributed by atoms with Crippen LogP contribution in [0.1, 0.15) is 30.0 Å². The summed E-state index contributed by atoms with van der Waals surface area (Å²) < 4.78 is 1.94. The molecule has 112 valence electrons. The largest absolute Gasteiger partial charge is 0.350 e. The Morgan fingerprint density at radius 2 is 2.14 bits per heavy atom. The van der Waals surface area contributed by atoms with E-state index in [9.17, 15) is 4.79 Å². The number of aromatic amines is 1. The number of nitrogens with zero attached hydrogens (tertiary/aromatic N) is 3. The van der Waals surface area contributed by atoms with Crippen molar-refractivity contribution in [3.8, 4) is 11.5 Å². The van der Waals surface area contributed by atoms with Crippen molar-refractivity contribution in [3.63, 3.8) is 0 Å². The number of aromatic nitrogens is 4. The van der Waals surface area contributed by atoms with Crippen LogP contribution in [-0.4, -0.2) is 31.8 Å². The Balaban J connectivity index is 1.81. The zero-order chi connectivity index (χ0) is 15.3. The van der Waals surface area contributed by atoms with Gasteiger partial charge in [0.05, 0.1) is 0 Å². The Morgan fingerprint density at radius 1 is 1.27 bits per heavy atom. The van der Waals surface area contributed by atoms with Crippen LogP contribution in [0.15, 0.2) is 30.6 Å². The average molecular weight is 295 g/mol. The first kappa shape index (κ1) is 13.1. The first-order valence-electron chi connectivity index (χ1n) is 7.33. The zero-order valence-corrected chi connectivity index (χ0v) is 12.6. The van der Waals surface area contributed by atoms with E-state index in [1.165, 1.54) is 0 Å². The van der Waals surface area contributed by atoms with E-state index in [0.717, 1.165) is 23.5 Å². The predicted octanol–water partition coefficient (Wildman–Crippen LogP) is 2.04. The van der Waals surface area contributed by atoms with Gasteiger partial charge in [0, 0.05) is 24.6 Å². The molecule has 0 aromatic carbocycles. The number of nitrogens with one attached hydrogen (secondary N) is 2. The Labute approximate surface area is 127 Å². The van der Waals surface area contributed by atoms with Crippen LogP contribution in [0.25, 0.3) is 17.2 Å². The quantitative estimate of drug-likeness (QED) is 0.721. The fraction of sp³-hybridized carbons (Fsp3) is 0.312.